The molecule has 4 rings (SSSR count). The van der Waals surface area contributed by atoms with Crippen LogP contribution in [0.5, 0.6) is 5.75 Å². The van der Waals surface area contributed by atoms with Gasteiger partial charge in [0.25, 0.3) is 11.8 Å². The molecule has 0 radical (unpaired) electrons. The van der Waals surface area contributed by atoms with Gasteiger partial charge >= 0.3 is 11.9 Å². The highest BCUT2D eigenvalue weighted by atomic mass is 35.5. The largest absolute Gasteiger partial charge is 0.501 e. The maximum absolute atomic E-state index is 13.1. The minimum Gasteiger partial charge on any atom is -0.501 e. The Balaban J connectivity index is 1.56. The van der Waals surface area contributed by atoms with Crippen LogP contribution in [-0.2, 0) is 30.6 Å². The molecule has 2 amide bonds. The van der Waals surface area contributed by atoms with Gasteiger partial charge in [0.05, 0.1) is 5.69 Å². The molecule has 3 atom stereocenters. The fourth-order valence-electron chi connectivity index (χ4n) is 3.70. The number of fused-ring (bicyclic) bond motifs is 1. The van der Waals surface area contributed by atoms with E-state index in [9.17, 15) is 29.4 Å². The third-order valence-electron chi connectivity index (χ3n) is 5.63. The van der Waals surface area contributed by atoms with Crippen LogP contribution in [0.15, 0.2) is 34.9 Å². The van der Waals surface area contributed by atoms with Gasteiger partial charge in [-0.3, -0.25) is 14.5 Å². The number of nitrogens with two attached hydrogens (primary N) is 2. The number of amides is 2. The number of pyridine rings is 1. The van der Waals surface area contributed by atoms with E-state index in [4.69, 9.17) is 33.0 Å². The van der Waals surface area contributed by atoms with Crippen molar-refractivity contribution < 1.29 is 43.9 Å². The average molecular weight is 599 g/mol. The summed E-state index contributed by atoms with van der Waals surface area (Å²) < 4.78 is 1.51. The molecule has 2 aliphatic rings. The number of carbonyl (C=O) groups excluding carboxylic acids is 2. The lowest BCUT2D eigenvalue weighted by Gasteiger charge is -2.49. The lowest BCUT2D eigenvalue weighted by Crippen LogP contribution is -2.71. The average Bonchev–Trinajstić information content (AvgIpc) is 3.21. The number of carboxylic acids is 2. The van der Waals surface area contributed by atoms with E-state index in [2.05, 4.69) is 15.5 Å². The molecule has 18 heteroatoms. The Hall–Kier alpha value is -4.09. The zero-order valence-corrected chi connectivity index (χ0v) is 22.3. The highest BCUT2D eigenvalue weighted by molar-refractivity contribution is 8.00. The molecule has 2 unspecified atom stereocenters. The third-order valence-corrected chi connectivity index (χ3v) is 8.05. The van der Waals surface area contributed by atoms with Crippen LogP contribution >= 0.6 is 34.7 Å². The molecular formula is C21H21ClN7O8S2+. The van der Waals surface area contributed by atoms with Crippen molar-refractivity contribution in [2.24, 2.45) is 5.16 Å². The molecule has 39 heavy (non-hydrogen) atoms. The second kappa shape index (κ2) is 11.0. The van der Waals surface area contributed by atoms with Gasteiger partial charge in [0.1, 0.15) is 27.1 Å². The topological polar surface area (TPSA) is 235 Å². The van der Waals surface area contributed by atoms with E-state index in [1.165, 1.54) is 35.5 Å². The minimum absolute atomic E-state index is 0.00609. The van der Waals surface area contributed by atoms with Crippen molar-refractivity contribution in [2.45, 2.75) is 31.0 Å². The number of thioether (sulfide) groups is 1. The normalized spacial score (nSPS) is 19.7. The van der Waals surface area contributed by atoms with Gasteiger partial charge in [-0.05, 0) is 6.92 Å². The quantitative estimate of drug-likeness (QED) is 0.0934. The minimum atomic E-state index is -1.42. The summed E-state index contributed by atoms with van der Waals surface area (Å²) in [6, 6.07) is 0.320. The predicted octanol–water partition coefficient (Wildman–Crippen LogP) is -0.413. The molecule has 2 aromatic heterocycles. The molecule has 1 saturated heterocycles. The summed E-state index contributed by atoms with van der Waals surface area (Å²) in [6.07, 6.45) is 1.48. The number of carboxylic acid groups (broad SMARTS) is 2. The fourth-order valence-corrected chi connectivity index (χ4v) is 5.97. The summed E-state index contributed by atoms with van der Waals surface area (Å²) in [4.78, 5) is 59.3. The van der Waals surface area contributed by atoms with E-state index >= 15 is 0 Å². The summed E-state index contributed by atoms with van der Waals surface area (Å²) in [6.45, 7) is 1.25. The molecule has 206 valence electrons. The molecule has 0 spiro atoms. The lowest BCUT2D eigenvalue weighted by atomic mass is 10.0. The Bertz CT molecular complexity index is 1450. The summed E-state index contributed by atoms with van der Waals surface area (Å²) in [7, 11) is 0. The number of anilines is 2. The van der Waals surface area contributed by atoms with Gasteiger partial charge in [-0.1, -0.05) is 28.1 Å². The number of aromatic nitrogens is 2. The Labute approximate surface area is 232 Å². The van der Waals surface area contributed by atoms with E-state index in [1.807, 2.05) is 0 Å². The third kappa shape index (κ3) is 5.55. The van der Waals surface area contributed by atoms with E-state index in [-0.39, 0.29) is 44.6 Å². The van der Waals surface area contributed by atoms with E-state index in [1.54, 1.807) is 6.20 Å². The first-order chi connectivity index (χ1) is 18.4. The van der Waals surface area contributed by atoms with Gasteiger partial charge in [-0.25, -0.2) is 14.6 Å². The van der Waals surface area contributed by atoms with Gasteiger partial charge in [0.15, 0.2) is 23.6 Å². The molecule has 0 aliphatic carbocycles. The second-order valence-corrected chi connectivity index (χ2v) is 11.0. The first kappa shape index (κ1) is 27.9. The lowest BCUT2D eigenvalue weighted by molar-refractivity contribution is -0.689. The smallest absolute Gasteiger partial charge is 0.352 e. The van der Waals surface area contributed by atoms with Crippen molar-refractivity contribution in [3.05, 3.63) is 39.8 Å². The maximum Gasteiger partial charge on any atom is 0.352 e. The van der Waals surface area contributed by atoms with E-state index in [0.717, 1.165) is 16.2 Å². The number of aromatic hydroxyl groups is 1. The monoisotopic (exact) mass is 598 g/mol. The SMILES string of the molecule is C[C@H](O/N=C(\C(=O)NC1C(=O)N2C(C(=O)O)=C(C[n+]3ccc(N)c(O)c3)CSC12)c1nc(N)sc1Cl)C(=O)O. The Morgan fingerprint density at radius 2 is 2.10 bits per heavy atom. The Morgan fingerprint density at radius 3 is 2.69 bits per heavy atom. The first-order valence-electron chi connectivity index (χ1n) is 11.0. The van der Waals surface area contributed by atoms with Gasteiger partial charge in [0.2, 0.25) is 18.1 Å². The van der Waals surface area contributed by atoms with Crippen molar-refractivity contribution in [3.8, 4) is 5.75 Å². The van der Waals surface area contributed by atoms with Crippen molar-refractivity contribution in [1.29, 1.82) is 0 Å². The number of oxime groups is 1. The second-order valence-electron chi connectivity index (χ2n) is 8.28. The Morgan fingerprint density at radius 1 is 1.38 bits per heavy atom. The predicted molar refractivity (Wildman–Crippen MR) is 139 cm³/mol. The molecule has 1 fully saturated rings. The van der Waals surface area contributed by atoms with Gasteiger partial charge < -0.3 is 36.9 Å². The Kier molecular flexibility index (Phi) is 7.84. The number of β-lactam (4-membered cyclic amide) rings is 1. The summed E-state index contributed by atoms with van der Waals surface area (Å²) in [5.74, 6) is -4.31. The van der Waals surface area contributed by atoms with E-state index in [0.29, 0.717) is 5.57 Å². The number of aliphatic carboxylic acids is 2. The zero-order valence-electron chi connectivity index (χ0n) is 19.9. The van der Waals surface area contributed by atoms with E-state index < -0.39 is 47.0 Å². The van der Waals surface area contributed by atoms with Crippen LogP contribution in [-0.4, -0.2) is 77.9 Å². The first-order valence-corrected chi connectivity index (χ1v) is 13.2. The number of carbonyl (C=O) groups is 4. The van der Waals surface area contributed by atoms with Gasteiger partial charge in [-0.2, -0.15) is 4.57 Å². The van der Waals surface area contributed by atoms with Crippen molar-refractivity contribution in [2.75, 3.05) is 17.2 Å². The molecule has 15 nitrogen and oxygen atoms in total. The van der Waals surface area contributed by atoms with Crippen LogP contribution in [0.4, 0.5) is 10.8 Å². The highest BCUT2D eigenvalue weighted by Crippen LogP contribution is 2.40. The number of rotatable bonds is 9. The van der Waals surface area contributed by atoms with Crippen molar-refractivity contribution in [1.82, 2.24) is 15.2 Å². The van der Waals surface area contributed by atoms with Crippen LogP contribution in [0.2, 0.25) is 4.34 Å². The molecule has 2 aliphatic heterocycles. The van der Waals surface area contributed by atoms with Crippen LogP contribution < -0.4 is 21.4 Å². The fraction of sp³-hybridized carbons (Fsp3) is 0.286. The number of hydrogen-bond donors (Lipinski definition) is 6. The van der Waals surface area contributed by atoms with Crippen molar-refractivity contribution >= 4 is 75.0 Å². The van der Waals surface area contributed by atoms with Crippen LogP contribution in [0.1, 0.15) is 12.6 Å². The van der Waals surface area contributed by atoms with Crippen LogP contribution in [0.25, 0.3) is 0 Å². The molecule has 0 bridgehead atoms. The molecule has 4 heterocycles. The van der Waals surface area contributed by atoms with Gasteiger partial charge in [0, 0.05) is 17.4 Å². The molecule has 0 saturated carbocycles. The standard InChI is InChI=1S/C21H20ClN7O8S2/c1-7(19(33)34)37-27-12(11-15(22)39-21(24)26-11)16(31)25-13-17(32)29-14(20(35)36)8(6-38-18(13)29)4-28-3-2-9(23)10(30)5-28/h2-3,5,7,13,18,23H,4,6H2,1H3,(H6,24,25,26,30,31,33,34,35,36)/p+1/b27-12-/t7-,13?,18?/m0/s1. The van der Waals surface area contributed by atoms with Crippen molar-refractivity contribution in [3.63, 3.8) is 0 Å². The molecular weight excluding hydrogens is 578 g/mol. The van der Waals surface area contributed by atoms with Crippen LogP contribution in [0, 0.1) is 0 Å². The maximum atomic E-state index is 13.1. The number of nitrogens with zero attached hydrogens (tertiary/aromatic N) is 4. The zero-order chi connectivity index (χ0) is 28.6. The molecule has 2 aromatic rings. The number of nitrogen functional groups attached to an aromatic ring is 2. The highest BCUT2D eigenvalue weighted by Gasteiger charge is 2.55. The van der Waals surface area contributed by atoms with Gasteiger partial charge in [-0.15, -0.1) is 11.8 Å². The number of halogens is 1. The molecule has 0 aromatic carbocycles. The summed E-state index contributed by atoms with van der Waals surface area (Å²) in [5, 5.41) is 34.1. The summed E-state index contributed by atoms with van der Waals surface area (Å²) >= 11 is 8.17. The van der Waals surface area contributed by atoms with Crippen LogP contribution in [0.3, 0.4) is 0 Å². The number of hydrogen-bond acceptors (Lipinski definition) is 12. The summed E-state index contributed by atoms with van der Waals surface area (Å²) in [5.41, 5.74) is 10.9. The molecule has 8 N–H and O–H groups in total. The number of thiazole rings is 1. The number of nitrogens with one attached hydrogen (secondary N) is 1.